The molecule has 0 aliphatic heterocycles. The molecule has 0 aliphatic carbocycles. The highest BCUT2D eigenvalue weighted by Gasteiger charge is 2.20. The third kappa shape index (κ3) is 5.93. The number of carboxylic acid groups (broad SMARTS) is 1. The van der Waals surface area contributed by atoms with Gasteiger partial charge in [0.05, 0.1) is 6.61 Å². The number of H-pyrrole nitrogens is 1. The van der Waals surface area contributed by atoms with E-state index in [0.29, 0.717) is 40.7 Å². The van der Waals surface area contributed by atoms with E-state index in [2.05, 4.69) is 10.3 Å². The molecule has 0 aliphatic rings. The number of benzene rings is 3. The van der Waals surface area contributed by atoms with Crippen LogP contribution >= 0.6 is 11.6 Å². The summed E-state index contributed by atoms with van der Waals surface area (Å²) in [5.41, 5.74) is 2.96. The van der Waals surface area contributed by atoms with Gasteiger partial charge in [0.25, 0.3) is 0 Å². The molecule has 1 aromatic heterocycles. The van der Waals surface area contributed by atoms with E-state index in [-0.39, 0.29) is 19.0 Å². The number of hydrogen-bond acceptors (Lipinski definition) is 4. The molecule has 0 spiro atoms. The van der Waals surface area contributed by atoms with E-state index in [9.17, 15) is 14.3 Å². The number of carbonyl (C=O) groups is 1. The Hall–Kier alpha value is -3.55. The first-order chi connectivity index (χ1) is 17.0. The molecule has 0 saturated heterocycles. The zero-order valence-electron chi connectivity index (χ0n) is 19.2. The van der Waals surface area contributed by atoms with Crippen molar-refractivity contribution in [3.8, 4) is 11.5 Å². The number of aliphatic carboxylic acids is 1. The summed E-state index contributed by atoms with van der Waals surface area (Å²) in [5.74, 6) is -0.473. The van der Waals surface area contributed by atoms with Crippen molar-refractivity contribution in [1.29, 1.82) is 0 Å². The fraction of sp³-hybridized carbons (Fsp3) is 0.222. The van der Waals surface area contributed by atoms with Crippen LogP contribution in [-0.2, 0) is 24.4 Å². The van der Waals surface area contributed by atoms with E-state index < -0.39 is 12.0 Å². The lowest BCUT2D eigenvalue weighted by atomic mass is 10.0. The molecule has 0 saturated carbocycles. The van der Waals surface area contributed by atoms with Crippen molar-refractivity contribution in [2.45, 2.75) is 32.5 Å². The van der Waals surface area contributed by atoms with E-state index in [1.54, 1.807) is 30.3 Å². The second kappa shape index (κ2) is 11.3. The zero-order chi connectivity index (χ0) is 24.8. The highest BCUT2D eigenvalue weighted by atomic mass is 35.5. The van der Waals surface area contributed by atoms with Gasteiger partial charge >= 0.3 is 5.97 Å². The molecule has 35 heavy (non-hydrogen) atoms. The van der Waals surface area contributed by atoms with Crippen LogP contribution in [0.25, 0.3) is 10.9 Å². The highest BCUT2D eigenvalue weighted by molar-refractivity contribution is 6.31. The fourth-order valence-corrected chi connectivity index (χ4v) is 4.09. The maximum atomic E-state index is 14.0. The van der Waals surface area contributed by atoms with E-state index in [1.165, 1.54) is 6.07 Å². The minimum Gasteiger partial charge on any atom is -0.490 e. The maximum absolute atomic E-state index is 14.0. The van der Waals surface area contributed by atoms with Crippen LogP contribution in [0.15, 0.2) is 66.9 Å². The van der Waals surface area contributed by atoms with Crippen LogP contribution < -0.4 is 14.8 Å². The van der Waals surface area contributed by atoms with Crippen molar-refractivity contribution in [2.75, 3.05) is 6.61 Å². The summed E-state index contributed by atoms with van der Waals surface area (Å²) >= 11 is 6.50. The topological polar surface area (TPSA) is 83.6 Å². The molecular formula is C27H26ClFN2O4. The Bertz CT molecular complexity index is 1320. The van der Waals surface area contributed by atoms with Crippen LogP contribution in [0.2, 0.25) is 5.02 Å². The fourth-order valence-electron chi connectivity index (χ4n) is 3.87. The number of halogens is 2. The monoisotopic (exact) mass is 496 g/mol. The molecule has 3 N–H and O–H groups in total. The predicted octanol–water partition coefficient (Wildman–Crippen LogP) is 5.72. The summed E-state index contributed by atoms with van der Waals surface area (Å²) < 4.78 is 25.5. The first-order valence-corrected chi connectivity index (χ1v) is 11.7. The van der Waals surface area contributed by atoms with Gasteiger partial charge in [-0.3, -0.25) is 10.1 Å². The Morgan fingerprint density at radius 2 is 1.80 bits per heavy atom. The molecule has 8 heteroatoms. The van der Waals surface area contributed by atoms with Crippen molar-refractivity contribution in [3.05, 3.63) is 94.4 Å². The van der Waals surface area contributed by atoms with Gasteiger partial charge in [0.2, 0.25) is 0 Å². The molecule has 4 rings (SSSR count). The summed E-state index contributed by atoms with van der Waals surface area (Å²) in [6.45, 7) is 2.47. The lowest BCUT2D eigenvalue weighted by Crippen LogP contribution is -2.38. The molecule has 1 heterocycles. The Morgan fingerprint density at radius 3 is 2.57 bits per heavy atom. The lowest BCUT2D eigenvalue weighted by molar-refractivity contribution is -0.139. The van der Waals surface area contributed by atoms with E-state index in [4.69, 9.17) is 21.1 Å². The number of ether oxygens (including phenoxy) is 2. The van der Waals surface area contributed by atoms with Gasteiger partial charge in [-0.25, -0.2) is 4.39 Å². The average Bonchev–Trinajstić information content (AvgIpc) is 3.26. The van der Waals surface area contributed by atoms with Gasteiger partial charge < -0.3 is 19.6 Å². The second-order valence-corrected chi connectivity index (χ2v) is 8.45. The molecule has 0 bridgehead atoms. The van der Waals surface area contributed by atoms with Crippen molar-refractivity contribution in [3.63, 3.8) is 0 Å². The molecule has 0 radical (unpaired) electrons. The molecule has 3 aromatic carbocycles. The Balaban J connectivity index is 1.48. The number of nitrogens with one attached hydrogen (secondary N) is 2. The number of aromatic amines is 1. The predicted molar refractivity (Wildman–Crippen MR) is 134 cm³/mol. The summed E-state index contributed by atoms with van der Waals surface area (Å²) in [5, 5.41) is 14.3. The quantitative estimate of drug-likeness (QED) is 0.247. The molecule has 0 amide bonds. The van der Waals surface area contributed by atoms with Crippen LogP contribution in [0.1, 0.15) is 23.6 Å². The number of aromatic nitrogens is 1. The zero-order valence-corrected chi connectivity index (χ0v) is 19.9. The minimum absolute atomic E-state index is 0.0202. The largest absolute Gasteiger partial charge is 0.490 e. The van der Waals surface area contributed by atoms with Gasteiger partial charge in [0.1, 0.15) is 18.5 Å². The molecule has 0 fully saturated rings. The Labute approximate surface area is 207 Å². The van der Waals surface area contributed by atoms with Gasteiger partial charge in [-0.05, 0) is 36.2 Å². The van der Waals surface area contributed by atoms with Crippen LogP contribution in [0.3, 0.4) is 0 Å². The standard InChI is InChI=1S/C27H26ClFN2O4/c1-2-34-25-12-19(21(28)13-26(25)35-16-17-7-3-5-9-22(17)29)15-31-24(27(32)33)11-18-14-30-23-10-6-4-8-20(18)23/h3-10,12-14,24,30-31H,2,11,15-16H2,1H3,(H,32,33). The summed E-state index contributed by atoms with van der Waals surface area (Å²) in [4.78, 5) is 15.1. The Kier molecular flexibility index (Phi) is 7.90. The number of rotatable bonds is 11. The number of carboxylic acids is 1. The van der Waals surface area contributed by atoms with Crippen LogP contribution in [0, 0.1) is 5.82 Å². The first-order valence-electron chi connectivity index (χ1n) is 11.3. The molecular weight excluding hydrogens is 471 g/mol. The number of para-hydroxylation sites is 1. The Morgan fingerprint density at radius 1 is 1.06 bits per heavy atom. The van der Waals surface area contributed by atoms with Crippen molar-refractivity contribution in [2.24, 2.45) is 0 Å². The minimum atomic E-state index is -0.957. The third-order valence-corrected chi connectivity index (χ3v) is 6.04. The first kappa shape index (κ1) is 24.6. The van der Waals surface area contributed by atoms with Gasteiger partial charge in [0.15, 0.2) is 11.5 Å². The van der Waals surface area contributed by atoms with Crippen LogP contribution in [0.5, 0.6) is 11.5 Å². The second-order valence-electron chi connectivity index (χ2n) is 8.04. The molecule has 6 nitrogen and oxygen atoms in total. The molecule has 1 atom stereocenters. The molecule has 4 aromatic rings. The van der Waals surface area contributed by atoms with Gasteiger partial charge in [-0.15, -0.1) is 0 Å². The average molecular weight is 497 g/mol. The van der Waals surface area contributed by atoms with Crippen LogP contribution in [0.4, 0.5) is 4.39 Å². The van der Waals surface area contributed by atoms with Crippen molar-refractivity contribution < 1.29 is 23.8 Å². The van der Waals surface area contributed by atoms with Gasteiger partial charge in [-0.1, -0.05) is 48.0 Å². The highest BCUT2D eigenvalue weighted by Crippen LogP contribution is 2.34. The van der Waals surface area contributed by atoms with Crippen molar-refractivity contribution in [1.82, 2.24) is 10.3 Å². The maximum Gasteiger partial charge on any atom is 0.321 e. The summed E-state index contributed by atoms with van der Waals surface area (Å²) in [7, 11) is 0. The van der Waals surface area contributed by atoms with Crippen molar-refractivity contribution >= 4 is 28.5 Å². The van der Waals surface area contributed by atoms with E-state index in [0.717, 1.165) is 16.5 Å². The molecule has 1 unspecified atom stereocenters. The summed E-state index contributed by atoms with van der Waals surface area (Å²) in [6, 6.07) is 16.7. The third-order valence-electron chi connectivity index (χ3n) is 5.69. The normalized spacial score (nSPS) is 12.0. The smallest absolute Gasteiger partial charge is 0.321 e. The molecule has 182 valence electrons. The number of hydrogen-bond donors (Lipinski definition) is 3. The summed E-state index contributed by atoms with van der Waals surface area (Å²) in [6.07, 6.45) is 2.14. The van der Waals surface area contributed by atoms with E-state index in [1.807, 2.05) is 37.4 Å². The van der Waals surface area contributed by atoms with Gasteiger partial charge in [0, 0.05) is 46.7 Å². The number of fused-ring (bicyclic) bond motifs is 1. The van der Waals surface area contributed by atoms with E-state index >= 15 is 0 Å². The van der Waals surface area contributed by atoms with Crippen LogP contribution in [-0.4, -0.2) is 28.7 Å². The van der Waals surface area contributed by atoms with Gasteiger partial charge in [-0.2, -0.15) is 0 Å². The lowest BCUT2D eigenvalue weighted by Gasteiger charge is -2.18. The SMILES string of the molecule is CCOc1cc(CNC(Cc2c[nH]c3ccccc23)C(=O)O)c(Cl)cc1OCc1ccccc1F.